The molecule has 4 aromatic rings. The maximum absolute atomic E-state index is 13.4. The highest BCUT2D eigenvalue weighted by Crippen LogP contribution is 2.21. The van der Waals surface area contributed by atoms with E-state index >= 15 is 0 Å². The van der Waals surface area contributed by atoms with Crippen molar-refractivity contribution in [3.05, 3.63) is 96.2 Å². The van der Waals surface area contributed by atoms with E-state index in [-0.39, 0.29) is 17.9 Å². The van der Waals surface area contributed by atoms with E-state index in [1.165, 1.54) is 5.69 Å². The summed E-state index contributed by atoms with van der Waals surface area (Å²) in [6, 6.07) is 26.1. The van der Waals surface area contributed by atoms with Crippen LogP contribution in [0.5, 0.6) is 5.75 Å². The molecule has 0 saturated carbocycles. The summed E-state index contributed by atoms with van der Waals surface area (Å²) < 4.78 is 5.28. The van der Waals surface area contributed by atoms with E-state index in [0.717, 1.165) is 54.0 Å². The predicted molar refractivity (Wildman–Crippen MR) is 163 cm³/mol. The van der Waals surface area contributed by atoms with Gasteiger partial charge in [0.15, 0.2) is 0 Å². The molecule has 8 heteroatoms. The number of nitrogens with one attached hydrogen (secondary N) is 2. The topological polar surface area (TPSA) is 80.9 Å². The minimum absolute atomic E-state index is 0.0176. The summed E-state index contributed by atoms with van der Waals surface area (Å²) >= 11 is 0. The van der Waals surface area contributed by atoms with Crippen molar-refractivity contribution in [2.24, 2.45) is 0 Å². The van der Waals surface area contributed by atoms with Crippen LogP contribution in [-0.2, 0) is 22.6 Å². The number of H-pyrrole nitrogens is 1. The second kappa shape index (κ2) is 13.4. The Bertz CT molecular complexity index is 1430. The van der Waals surface area contributed by atoms with Crippen LogP contribution in [0.3, 0.4) is 0 Å². The summed E-state index contributed by atoms with van der Waals surface area (Å²) in [5.74, 6) is 0.726. The highest BCUT2D eigenvalue weighted by Gasteiger charge is 2.24. The quantitative estimate of drug-likeness (QED) is 0.293. The molecule has 0 spiro atoms. The molecule has 2 heterocycles. The van der Waals surface area contributed by atoms with Gasteiger partial charge in [0.05, 0.1) is 19.7 Å². The van der Waals surface area contributed by atoms with Crippen LogP contribution in [0.25, 0.3) is 10.9 Å². The lowest BCUT2D eigenvalue weighted by Gasteiger charge is -2.36. The first-order chi connectivity index (χ1) is 20.0. The third-order valence-electron chi connectivity index (χ3n) is 7.79. The first-order valence-corrected chi connectivity index (χ1v) is 14.2. The number of piperazine rings is 1. The lowest BCUT2D eigenvalue weighted by atomic mass is 10.0. The molecule has 1 atom stereocenters. The molecule has 1 unspecified atom stereocenters. The van der Waals surface area contributed by atoms with Crippen LogP contribution in [0, 0.1) is 0 Å². The molecule has 1 aliphatic rings. The number of carbonyl (C=O) groups is 2. The maximum atomic E-state index is 13.4. The summed E-state index contributed by atoms with van der Waals surface area (Å²) in [6.07, 6.45) is 2.62. The van der Waals surface area contributed by atoms with E-state index in [0.29, 0.717) is 26.1 Å². The first-order valence-electron chi connectivity index (χ1n) is 14.2. The number of anilines is 1. The van der Waals surface area contributed by atoms with Crippen molar-refractivity contribution in [1.82, 2.24) is 20.1 Å². The molecule has 5 rings (SSSR count). The number of amides is 2. The number of benzene rings is 3. The standard InChI is InChI=1S/C33H39N5O3/c1-25(39)38(22-26-12-14-30(41-2)15-13-26)23-28(20-27-21-34-32-11-7-6-10-31(27)32)35-33(40)24-36-16-18-37(19-17-36)29-8-4-3-5-9-29/h3-15,21,28,34H,16-20,22-24H2,1-2H3,(H,35,40). The third kappa shape index (κ3) is 7.46. The smallest absolute Gasteiger partial charge is 0.234 e. The molecule has 0 aliphatic carbocycles. The molecule has 214 valence electrons. The molecule has 1 aliphatic heterocycles. The second-order valence-corrected chi connectivity index (χ2v) is 10.7. The Labute approximate surface area is 241 Å². The second-order valence-electron chi connectivity index (χ2n) is 10.7. The molecule has 1 aromatic heterocycles. The summed E-state index contributed by atoms with van der Waals surface area (Å²) in [4.78, 5) is 35.8. The number of carbonyl (C=O) groups excluding carboxylic acids is 2. The molecular weight excluding hydrogens is 514 g/mol. The number of methoxy groups -OCH3 is 1. The van der Waals surface area contributed by atoms with Gasteiger partial charge in [0.25, 0.3) is 0 Å². The molecule has 1 saturated heterocycles. The number of fused-ring (bicyclic) bond motifs is 1. The molecule has 2 N–H and O–H groups in total. The van der Waals surface area contributed by atoms with Crippen molar-refractivity contribution in [3.63, 3.8) is 0 Å². The van der Waals surface area contributed by atoms with Crippen molar-refractivity contribution in [2.45, 2.75) is 25.9 Å². The molecule has 0 radical (unpaired) electrons. The SMILES string of the molecule is COc1ccc(CN(CC(Cc2c[nH]c3ccccc23)NC(=O)CN2CCN(c3ccccc3)CC2)C(C)=O)cc1. The molecule has 1 fully saturated rings. The van der Waals surface area contributed by atoms with Crippen molar-refractivity contribution < 1.29 is 14.3 Å². The minimum atomic E-state index is -0.241. The number of ether oxygens (including phenoxy) is 1. The van der Waals surface area contributed by atoms with Gasteiger partial charge in [-0.3, -0.25) is 14.5 Å². The van der Waals surface area contributed by atoms with Crippen LogP contribution < -0.4 is 15.0 Å². The largest absolute Gasteiger partial charge is 0.497 e. The van der Waals surface area contributed by atoms with Gasteiger partial charge in [-0.25, -0.2) is 0 Å². The summed E-state index contributed by atoms with van der Waals surface area (Å²) in [7, 11) is 1.64. The Balaban J connectivity index is 1.26. The first kappa shape index (κ1) is 28.2. The Kier molecular flexibility index (Phi) is 9.21. The normalized spacial score (nSPS) is 14.5. The van der Waals surface area contributed by atoms with Gasteiger partial charge in [0.2, 0.25) is 11.8 Å². The number of hydrogen-bond acceptors (Lipinski definition) is 5. The summed E-state index contributed by atoms with van der Waals surface area (Å²) in [5, 5.41) is 4.41. The van der Waals surface area contributed by atoms with E-state index < -0.39 is 0 Å². The zero-order chi connectivity index (χ0) is 28.6. The number of hydrogen-bond donors (Lipinski definition) is 2. The fraction of sp³-hybridized carbons (Fsp3) is 0.333. The fourth-order valence-electron chi connectivity index (χ4n) is 5.53. The molecule has 3 aromatic carbocycles. The van der Waals surface area contributed by atoms with Crippen molar-refractivity contribution in [2.75, 3.05) is 51.3 Å². The number of rotatable bonds is 11. The Morgan fingerprint density at radius 3 is 2.37 bits per heavy atom. The average molecular weight is 554 g/mol. The molecule has 41 heavy (non-hydrogen) atoms. The van der Waals surface area contributed by atoms with Crippen LogP contribution in [0.15, 0.2) is 85.1 Å². The third-order valence-corrected chi connectivity index (χ3v) is 7.79. The number of aromatic amines is 1. The van der Waals surface area contributed by atoms with Crippen LogP contribution in [0.1, 0.15) is 18.1 Å². The highest BCUT2D eigenvalue weighted by atomic mass is 16.5. The van der Waals surface area contributed by atoms with E-state index in [1.54, 1.807) is 18.9 Å². The zero-order valence-electron chi connectivity index (χ0n) is 23.9. The average Bonchev–Trinajstić information content (AvgIpc) is 3.40. The number of nitrogens with zero attached hydrogens (tertiary/aromatic N) is 3. The van der Waals surface area contributed by atoms with Gasteiger partial charge in [-0.05, 0) is 47.9 Å². The minimum Gasteiger partial charge on any atom is -0.497 e. The zero-order valence-corrected chi connectivity index (χ0v) is 23.9. The van der Waals surface area contributed by atoms with E-state index in [4.69, 9.17) is 4.74 Å². The van der Waals surface area contributed by atoms with Crippen LogP contribution in [0.4, 0.5) is 5.69 Å². The van der Waals surface area contributed by atoms with E-state index in [2.05, 4.69) is 50.4 Å². The molecule has 8 nitrogen and oxygen atoms in total. The summed E-state index contributed by atoms with van der Waals surface area (Å²) in [6.45, 7) is 6.21. The predicted octanol–water partition coefficient (Wildman–Crippen LogP) is 4.07. The number of aromatic nitrogens is 1. The van der Waals surface area contributed by atoms with Crippen LogP contribution in [-0.4, -0.2) is 79.0 Å². The Morgan fingerprint density at radius 1 is 0.951 bits per heavy atom. The van der Waals surface area contributed by atoms with Gasteiger partial charge in [0, 0.05) is 69.0 Å². The lowest BCUT2D eigenvalue weighted by Crippen LogP contribution is -2.52. The lowest BCUT2D eigenvalue weighted by molar-refractivity contribution is -0.131. The van der Waals surface area contributed by atoms with Gasteiger partial charge in [0.1, 0.15) is 5.75 Å². The highest BCUT2D eigenvalue weighted by molar-refractivity contribution is 5.83. The fourth-order valence-corrected chi connectivity index (χ4v) is 5.53. The summed E-state index contributed by atoms with van der Waals surface area (Å²) in [5.41, 5.74) is 4.41. The van der Waals surface area contributed by atoms with Gasteiger partial charge < -0.3 is 24.8 Å². The van der Waals surface area contributed by atoms with Crippen molar-refractivity contribution in [3.8, 4) is 5.75 Å². The van der Waals surface area contributed by atoms with Crippen LogP contribution >= 0.6 is 0 Å². The van der Waals surface area contributed by atoms with Gasteiger partial charge in [-0.1, -0.05) is 48.5 Å². The monoisotopic (exact) mass is 553 g/mol. The maximum Gasteiger partial charge on any atom is 0.234 e. The van der Waals surface area contributed by atoms with Gasteiger partial charge >= 0.3 is 0 Å². The van der Waals surface area contributed by atoms with Gasteiger partial charge in [-0.2, -0.15) is 0 Å². The molecular formula is C33H39N5O3. The van der Waals surface area contributed by atoms with Crippen molar-refractivity contribution in [1.29, 1.82) is 0 Å². The Morgan fingerprint density at radius 2 is 1.66 bits per heavy atom. The van der Waals surface area contributed by atoms with E-state index in [1.807, 2.05) is 54.7 Å². The number of para-hydroxylation sites is 2. The molecule has 2 amide bonds. The van der Waals surface area contributed by atoms with Crippen LogP contribution in [0.2, 0.25) is 0 Å². The molecule has 0 bridgehead atoms. The van der Waals surface area contributed by atoms with Gasteiger partial charge in [-0.15, -0.1) is 0 Å². The van der Waals surface area contributed by atoms with Crippen molar-refractivity contribution >= 4 is 28.4 Å². The Hall–Kier alpha value is -4.30. The van der Waals surface area contributed by atoms with E-state index in [9.17, 15) is 9.59 Å².